The number of aliphatic hydroxyl groups excluding tert-OH is 4. The number of hydrogen-bond acceptors (Lipinski definition) is 7. The van der Waals surface area contributed by atoms with Crippen LogP contribution in [0.15, 0.2) is 18.2 Å². The number of phenolic OH excluding ortho intramolecular Hbond substituents is 1. The van der Waals surface area contributed by atoms with Gasteiger partial charge in [-0.25, -0.2) is 0 Å². The van der Waals surface area contributed by atoms with Gasteiger partial charge in [0.05, 0.1) is 26.4 Å². The summed E-state index contributed by atoms with van der Waals surface area (Å²) in [6, 6.07) is 5.96. The molecule has 3 rings (SSSR count). The van der Waals surface area contributed by atoms with Crippen molar-refractivity contribution in [1.82, 2.24) is 0 Å². The zero-order chi connectivity index (χ0) is 35.9. The largest absolute Gasteiger partial charge is 0.507 e. The summed E-state index contributed by atoms with van der Waals surface area (Å²) in [4.78, 5) is 0. The number of phenols is 1. The molecule has 7 nitrogen and oxygen atoms in total. The molecule has 0 aliphatic heterocycles. The van der Waals surface area contributed by atoms with Gasteiger partial charge >= 0.3 is 0 Å². The van der Waals surface area contributed by atoms with E-state index in [2.05, 4.69) is 47.6 Å². The SMILES string of the molecule is CCCc1c(COc2c(CCC)c(CO)cc(CO)c2CCC)cc(COc2c(CCC)c(CO)cc(CO)c2CCC)c(CCC)c1O. The van der Waals surface area contributed by atoms with E-state index in [-0.39, 0.29) is 39.6 Å². The molecule has 0 aliphatic rings. The Bertz CT molecular complexity index is 1320. The Kier molecular flexibility index (Phi) is 16.9. The van der Waals surface area contributed by atoms with Crippen LogP contribution in [0.3, 0.4) is 0 Å². The molecule has 0 fully saturated rings. The topological polar surface area (TPSA) is 120 Å². The molecule has 0 atom stereocenters. The number of rotatable bonds is 22. The molecule has 0 unspecified atom stereocenters. The van der Waals surface area contributed by atoms with Gasteiger partial charge in [0.15, 0.2) is 0 Å². The Morgan fingerprint density at radius 3 is 0.878 bits per heavy atom. The van der Waals surface area contributed by atoms with E-state index in [9.17, 15) is 25.5 Å². The van der Waals surface area contributed by atoms with Crippen LogP contribution in [0.2, 0.25) is 0 Å². The Morgan fingerprint density at radius 2 is 0.633 bits per heavy atom. The highest BCUT2D eigenvalue weighted by molar-refractivity contribution is 5.54. The average molecular weight is 679 g/mol. The lowest BCUT2D eigenvalue weighted by molar-refractivity contribution is 0.263. The zero-order valence-corrected chi connectivity index (χ0v) is 31.0. The molecular weight excluding hydrogens is 616 g/mol. The van der Waals surface area contributed by atoms with Crippen LogP contribution in [0.25, 0.3) is 0 Å². The van der Waals surface area contributed by atoms with E-state index in [4.69, 9.17) is 9.47 Å². The first-order chi connectivity index (χ1) is 23.8. The Morgan fingerprint density at radius 1 is 0.388 bits per heavy atom. The van der Waals surface area contributed by atoms with Gasteiger partial charge in [-0.1, -0.05) is 92.2 Å². The number of benzene rings is 3. The number of hydrogen-bond donors (Lipinski definition) is 5. The Labute approximate surface area is 295 Å². The number of aliphatic hydroxyl groups is 4. The summed E-state index contributed by atoms with van der Waals surface area (Å²) in [7, 11) is 0. The van der Waals surface area contributed by atoms with E-state index in [0.717, 1.165) is 142 Å². The van der Waals surface area contributed by atoms with E-state index >= 15 is 0 Å². The van der Waals surface area contributed by atoms with E-state index in [1.165, 1.54) is 0 Å². The van der Waals surface area contributed by atoms with Crippen LogP contribution in [-0.4, -0.2) is 25.5 Å². The molecule has 272 valence electrons. The van der Waals surface area contributed by atoms with E-state index in [0.29, 0.717) is 18.6 Å². The molecule has 0 saturated carbocycles. The molecule has 0 radical (unpaired) electrons. The highest BCUT2D eigenvalue weighted by Crippen LogP contribution is 2.39. The summed E-state index contributed by atoms with van der Waals surface area (Å²) in [6.07, 6.45) is 9.65. The van der Waals surface area contributed by atoms with Crippen molar-refractivity contribution in [2.24, 2.45) is 0 Å². The van der Waals surface area contributed by atoms with Crippen molar-refractivity contribution in [3.05, 3.63) is 85.0 Å². The highest BCUT2D eigenvalue weighted by Gasteiger charge is 2.23. The first kappa shape index (κ1) is 40.3. The lowest BCUT2D eigenvalue weighted by atomic mass is 9.91. The molecule has 0 aromatic heterocycles. The quantitative estimate of drug-likeness (QED) is 0.0726. The van der Waals surface area contributed by atoms with Crippen LogP contribution in [0.4, 0.5) is 0 Å². The molecule has 0 bridgehead atoms. The fourth-order valence-corrected chi connectivity index (χ4v) is 7.21. The fraction of sp³-hybridized carbons (Fsp3) is 0.571. The minimum Gasteiger partial charge on any atom is -0.507 e. The first-order valence-corrected chi connectivity index (χ1v) is 18.7. The summed E-state index contributed by atoms with van der Waals surface area (Å²) in [6.45, 7) is 12.6. The van der Waals surface area contributed by atoms with Gasteiger partial charge in [-0.05, 0) is 100 Å². The van der Waals surface area contributed by atoms with Gasteiger partial charge in [0, 0.05) is 11.1 Å². The van der Waals surface area contributed by atoms with E-state index in [1.807, 2.05) is 12.1 Å². The summed E-state index contributed by atoms with van der Waals surface area (Å²) < 4.78 is 13.5. The fourth-order valence-electron chi connectivity index (χ4n) is 7.21. The molecule has 0 spiro atoms. The smallest absolute Gasteiger partial charge is 0.126 e. The van der Waals surface area contributed by atoms with Crippen molar-refractivity contribution in [2.75, 3.05) is 0 Å². The molecule has 3 aromatic carbocycles. The monoisotopic (exact) mass is 678 g/mol. The molecule has 49 heavy (non-hydrogen) atoms. The van der Waals surface area contributed by atoms with Crippen molar-refractivity contribution in [1.29, 1.82) is 0 Å². The summed E-state index contributed by atoms with van der Waals surface area (Å²) in [5.74, 6) is 1.78. The maximum atomic E-state index is 11.8. The zero-order valence-electron chi connectivity index (χ0n) is 31.0. The summed E-state index contributed by atoms with van der Waals surface area (Å²) >= 11 is 0. The lowest BCUT2D eigenvalue weighted by Crippen LogP contribution is -2.13. The normalized spacial score (nSPS) is 11.4. The third-order valence-electron chi connectivity index (χ3n) is 9.46. The first-order valence-electron chi connectivity index (χ1n) is 18.7. The highest BCUT2D eigenvalue weighted by atomic mass is 16.5. The van der Waals surface area contributed by atoms with Gasteiger partial charge in [-0.15, -0.1) is 0 Å². The molecule has 0 saturated heterocycles. The van der Waals surface area contributed by atoms with Gasteiger partial charge < -0.3 is 35.0 Å². The predicted molar refractivity (Wildman–Crippen MR) is 197 cm³/mol. The van der Waals surface area contributed by atoms with Gasteiger partial charge in [0.25, 0.3) is 0 Å². The average Bonchev–Trinajstić information content (AvgIpc) is 3.10. The van der Waals surface area contributed by atoms with Crippen molar-refractivity contribution < 1.29 is 35.0 Å². The van der Waals surface area contributed by atoms with Crippen LogP contribution in [0, 0.1) is 0 Å². The van der Waals surface area contributed by atoms with Gasteiger partial charge in [0.1, 0.15) is 30.5 Å². The Hall–Kier alpha value is -3.10. The number of aromatic hydroxyl groups is 1. The summed E-state index contributed by atoms with van der Waals surface area (Å²) in [5.41, 5.74) is 10.6. The van der Waals surface area contributed by atoms with Gasteiger partial charge in [0.2, 0.25) is 0 Å². The number of ether oxygens (including phenoxy) is 2. The molecule has 0 amide bonds. The van der Waals surface area contributed by atoms with Crippen molar-refractivity contribution >= 4 is 0 Å². The van der Waals surface area contributed by atoms with Crippen LogP contribution in [0.1, 0.15) is 147 Å². The van der Waals surface area contributed by atoms with E-state index in [1.54, 1.807) is 0 Å². The van der Waals surface area contributed by atoms with Crippen LogP contribution in [0.5, 0.6) is 17.2 Å². The second-order valence-corrected chi connectivity index (χ2v) is 13.2. The van der Waals surface area contributed by atoms with Crippen molar-refractivity contribution in [2.45, 2.75) is 158 Å². The maximum absolute atomic E-state index is 11.8. The predicted octanol–water partition coefficient (Wildman–Crippen LogP) is 8.23. The summed E-state index contributed by atoms with van der Waals surface area (Å²) in [5, 5.41) is 53.0. The molecule has 7 heteroatoms. The van der Waals surface area contributed by atoms with E-state index < -0.39 is 0 Å². The standard InChI is InChI=1S/C42H62O7/c1-7-13-34-32(26-48-41-36(15-9-3)28(22-43)19-29(23-44)37(41)16-10-4)21-33(35(14-8-2)40(34)47)27-49-42-38(17-11-5)30(24-45)20-31(25-46)39(42)18-12-6/h19-21,43-47H,7-18,22-27H2,1-6H3. The maximum Gasteiger partial charge on any atom is 0.126 e. The lowest BCUT2D eigenvalue weighted by Gasteiger charge is -2.24. The molecule has 5 N–H and O–H groups in total. The molecule has 3 aromatic rings. The van der Waals surface area contributed by atoms with Crippen molar-refractivity contribution in [3.8, 4) is 17.2 Å². The van der Waals surface area contributed by atoms with Gasteiger partial charge in [-0.2, -0.15) is 0 Å². The van der Waals surface area contributed by atoms with Gasteiger partial charge in [-0.3, -0.25) is 0 Å². The minimum absolute atomic E-state index is 0.129. The second-order valence-electron chi connectivity index (χ2n) is 13.2. The minimum atomic E-state index is -0.129. The van der Waals surface area contributed by atoms with Crippen molar-refractivity contribution in [3.63, 3.8) is 0 Å². The Balaban J connectivity index is 2.19. The molecular formula is C42H62O7. The molecule has 0 aliphatic carbocycles. The van der Waals surface area contributed by atoms with Crippen LogP contribution in [-0.2, 0) is 78.2 Å². The second kappa shape index (κ2) is 20.5. The third kappa shape index (κ3) is 9.57. The van der Waals surface area contributed by atoms with Crippen LogP contribution >= 0.6 is 0 Å². The molecule has 0 heterocycles. The third-order valence-corrected chi connectivity index (χ3v) is 9.46. The van der Waals surface area contributed by atoms with Crippen LogP contribution < -0.4 is 9.47 Å².